The molecule has 0 bridgehead atoms. The molecule has 0 amide bonds. The summed E-state index contributed by atoms with van der Waals surface area (Å²) in [5, 5.41) is 0. The van der Waals surface area contributed by atoms with Gasteiger partial charge in [0.15, 0.2) is 0 Å². The average molecular weight is 140 g/mol. The first kappa shape index (κ1) is 11.6. The molecule has 0 aromatic carbocycles. The second kappa shape index (κ2) is 10.7. The Labute approximate surface area is 61.2 Å². The fourth-order valence-corrected chi connectivity index (χ4v) is 0.0786. The van der Waals surface area contributed by atoms with Crippen LogP contribution in [0.5, 0.6) is 0 Å². The van der Waals surface area contributed by atoms with Gasteiger partial charge in [0.05, 0.1) is 0 Å². The Morgan fingerprint density at radius 1 is 1.40 bits per heavy atom. The molecule has 0 aromatic rings. The van der Waals surface area contributed by atoms with Crippen LogP contribution in [0.25, 0.3) is 0 Å². The zero-order valence-corrected chi connectivity index (χ0v) is 6.33. The lowest BCUT2D eigenvalue weighted by Crippen LogP contribution is -1.65. The maximum Gasteiger partial charge on any atom is 0.145 e. The summed E-state index contributed by atoms with van der Waals surface area (Å²) in [5.74, 6) is 0. The minimum absolute atomic E-state index is 0.574. The second-order valence-corrected chi connectivity index (χ2v) is 1.63. The molecule has 0 N–H and O–H groups in total. The molecule has 0 aliphatic rings. The first-order valence-electron chi connectivity index (χ1n) is 2.86. The molecule has 0 aromatic heterocycles. The minimum Gasteiger partial charge on any atom is -0.299 e. The van der Waals surface area contributed by atoms with Gasteiger partial charge in [-0.3, -0.25) is 9.59 Å². The zero-order chi connectivity index (χ0) is 8.41. The zero-order valence-electron chi connectivity index (χ0n) is 6.33. The molecule has 0 spiro atoms. The molecule has 0 rings (SSSR count). The molecule has 10 heavy (non-hydrogen) atoms. The van der Waals surface area contributed by atoms with Gasteiger partial charge in [0.2, 0.25) is 0 Å². The van der Waals surface area contributed by atoms with Crippen LogP contribution in [0.1, 0.15) is 13.8 Å². The lowest BCUT2D eigenvalue weighted by molar-refractivity contribution is -0.105. The van der Waals surface area contributed by atoms with Gasteiger partial charge < -0.3 is 0 Å². The molecule has 2 heteroatoms. The first-order valence-corrected chi connectivity index (χ1v) is 2.86. The number of rotatable bonds is 2. The third kappa shape index (κ3) is 29.0. The third-order valence-electron chi connectivity index (χ3n) is 0.472. The summed E-state index contributed by atoms with van der Waals surface area (Å²) in [6.45, 7) is 6.77. The Balaban J connectivity index is 0. The Hall–Kier alpha value is -1.18. The summed E-state index contributed by atoms with van der Waals surface area (Å²) in [6, 6.07) is 0. The van der Waals surface area contributed by atoms with Crippen molar-refractivity contribution in [2.45, 2.75) is 13.8 Å². The van der Waals surface area contributed by atoms with Crippen molar-refractivity contribution in [2.75, 3.05) is 0 Å². The topological polar surface area (TPSA) is 34.1 Å². The van der Waals surface area contributed by atoms with Crippen LogP contribution in [-0.4, -0.2) is 12.6 Å². The van der Waals surface area contributed by atoms with Crippen LogP contribution < -0.4 is 0 Å². The molecule has 56 valence electrons. The van der Waals surface area contributed by atoms with Crippen molar-refractivity contribution >= 4 is 12.6 Å². The van der Waals surface area contributed by atoms with Gasteiger partial charge >= 0.3 is 0 Å². The highest BCUT2D eigenvalue weighted by molar-refractivity contribution is 5.70. The van der Waals surface area contributed by atoms with Crippen LogP contribution in [0.15, 0.2) is 24.3 Å². The Bertz CT molecular complexity index is 134. The summed E-state index contributed by atoms with van der Waals surface area (Å²) in [7, 11) is 0. The van der Waals surface area contributed by atoms with E-state index in [0.29, 0.717) is 5.57 Å². The van der Waals surface area contributed by atoms with E-state index in [1.54, 1.807) is 19.9 Å². The highest BCUT2D eigenvalue weighted by Gasteiger charge is 1.66. The number of carbonyl (C=O) groups excluding carboxylic acids is 2. The van der Waals surface area contributed by atoms with Crippen molar-refractivity contribution in [1.82, 2.24) is 0 Å². The molecule has 0 heterocycles. The summed E-state index contributed by atoms with van der Waals surface area (Å²) in [4.78, 5) is 18.7. The molecule has 2 nitrogen and oxygen atoms in total. The van der Waals surface area contributed by atoms with Crippen LogP contribution in [0.3, 0.4) is 0 Å². The van der Waals surface area contributed by atoms with E-state index in [0.717, 1.165) is 12.6 Å². The normalized spacial score (nSPS) is 7.80. The van der Waals surface area contributed by atoms with Crippen LogP contribution in [-0.2, 0) is 9.59 Å². The maximum atomic E-state index is 9.41. The Morgan fingerprint density at radius 2 is 1.80 bits per heavy atom. The molecular weight excluding hydrogens is 128 g/mol. The van der Waals surface area contributed by atoms with Crippen molar-refractivity contribution in [3.63, 3.8) is 0 Å². The van der Waals surface area contributed by atoms with Gasteiger partial charge in [0.1, 0.15) is 12.6 Å². The largest absolute Gasteiger partial charge is 0.299 e. The van der Waals surface area contributed by atoms with Gasteiger partial charge in [0.25, 0.3) is 0 Å². The monoisotopic (exact) mass is 140 g/mol. The van der Waals surface area contributed by atoms with Crippen molar-refractivity contribution in [1.29, 1.82) is 0 Å². The smallest absolute Gasteiger partial charge is 0.145 e. The van der Waals surface area contributed by atoms with Gasteiger partial charge in [-0.1, -0.05) is 12.7 Å². The lowest BCUT2D eigenvalue weighted by Gasteiger charge is -1.65. The molecule has 0 saturated heterocycles. The SMILES string of the molecule is C=C(C)C=O.CC=CC=O. The van der Waals surface area contributed by atoms with Crippen molar-refractivity contribution in [3.8, 4) is 0 Å². The standard InChI is InChI=1S/2C4H6O/c1-4(2)3-5;1-2-3-4-5/h3H,1H2,2H3;2-4H,1H3. The van der Waals surface area contributed by atoms with Crippen molar-refractivity contribution in [2.24, 2.45) is 0 Å². The summed E-state index contributed by atoms with van der Waals surface area (Å²) in [6.07, 6.45) is 4.60. The summed E-state index contributed by atoms with van der Waals surface area (Å²) in [5.41, 5.74) is 0.574. The number of hydrogen-bond acceptors (Lipinski definition) is 2. The summed E-state index contributed by atoms with van der Waals surface area (Å²) >= 11 is 0. The lowest BCUT2D eigenvalue weighted by atomic mass is 10.4. The molecule has 0 unspecified atom stereocenters. The van der Waals surface area contributed by atoms with Crippen molar-refractivity contribution < 1.29 is 9.59 Å². The second-order valence-electron chi connectivity index (χ2n) is 1.63. The van der Waals surface area contributed by atoms with Crippen molar-refractivity contribution in [3.05, 3.63) is 24.3 Å². The van der Waals surface area contributed by atoms with Crippen LogP contribution >= 0.6 is 0 Å². The molecule has 0 aliphatic heterocycles. The molecule has 0 fully saturated rings. The fraction of sp³-hybridized carbons (Fsp3) is 0.250. The molecule has 0 radical (unpaired) electrons. The number of allylic oxidation sites excluding steroid dienone is 3. The quantitative estimate of drug-likeness (QED) is 0.430. The van der Waals surface area contributed by atoms with Gasteiger partial charge in [-0.25, -0.2) is 0 Å². The molecule has 0 saturated carbocycles. The van der Waals surface area contributed by atoms with E-state index in [1.165, 1.54) is 6.08 Å². The van der Waals surface area contributed by atoms with Gasteiger partial charge in [-0.05, 0) is 25.5 Å². The maximum absolute atomic E-state index is 9.41. The van der Waals surface area contributed by atoms with E-state index in [9.17, 15) is 9.59 Å². The fourth-order valence-electron chi connectivity index (χ4n) is 0.0786. The minimum atomic E-state index is 0.574. The molecular formula is C8H12O2. The summed E-state index contributed by atoms with van der Waals surface area (Å²) < 4.78 is 0. The Kier molecular flexibility index (Phi) is 12.5. The molecule has 0 atom stereocenters. The van der Waals surface area contributed by atoms with E-state index < -0.39 is 0 Å². The Morgan fingerprint density at radius 3 is 1.80 bits per heavy atom. The van der Waals surface area contributed by atoms with E-state index in [-0.39, 0.29) is 0 Å². The predicted octanol–water partition coefficient (Wildman–Crippen LogP) is 1.52. The highest BCUT2D eigenvalue weighted by atomic mass is 16.1. The third-order valence-corrected chi connectivity index (χ3v) is 0.472. The van der Waals surface area contributed by atoms with E-state index in [4.69, 9.17) is 0 Å². The van der Waals surface area contributed by atoms with Gasteiger partial charge in [-0.2, -0.15) is 0 Å². The first-order chi connectivity index (χ1) is 4.68. The predicted molar refractivity (Wildman–Crippen MR) is 41.8 cm³/mol. The van der Waals surface area contributed by atoms with E-state index in [1.807, 2.05) is 0 Å². The van der Waals surface area contributed by atoms with Gasteiger partial charge in [-0.15, -0.1) is 0 Å². The number of hydrogen-bond donors (Lipinski definition) is 0. The number of carbonyl (C=O) groups is 2. The highest BCUT2D eigenvalue weighted by Crippen LogP contribution is 1.70. The van der Waals surface area contributed by atoms with E-state index >= 15 is 0 Å². The van der Waals surface area contributed by atoms with Crippen LogP contribution in [0.2, 0.25) is 0 Å². The van der Waals surface area contributed by atoms with Crippen LogP contribution in [0, 0.1) is 0 Å². The van der Waals surface area contributed by atoms with Crippen LogP contribution in [0.4, 0.5) is 0 Å². The molecule has 0 aliphatic carbocycles. The van der Waals surface area contributed by atoms with E-state index in [2.05, 4.69) is 6.58 Å². The average Bonchev–Trinajstić information content (AvgIpc) is 1.91. The van der Waals surface area contributed by atoms with Gasteiger partial charge in [0, 0.05) is 0 Å². The number of aldehydes is 2.